The van der Waals surface area contributed by atoms with Gasteiger partial charge in [-0.3, -0.25) is 9.69 Å². The highest BCUT2D eigenvalue weighted by Gasteiger charge is 2.36. The molecule has 1 saturated heterocycles. The van der Waals surface area contributed by atoms with Crippen molar-refractivity contribution in [2.24, 2.45) is 11.8 Å². The summed E-state index contributed by atoms with van der Waals surface area (Å²) < 4.78 is 13.7. The first kappa shape index (κ1) is 24.2. The number of carbonyl (C=O) groups is 1. The highest BCUT2D eigenvalue weighted by atomic mass is 19.1. The van der Waals surface area contributed by atoms with Crippen LogP contribution in [-0.2, 0) is 6.54 Å². The highest BCUT2D eigenvalue weighted by molar-refractivity contribution is 5.94. The smallest absolute Gasteiger partial charge is 0.253 e. The molecule has 4 heteroatoms. The zero-order valence-electron chi connectivity index (χ0n) is 20.5. The van der Waals surface area contributed by atoms with Crippen LogP contribution in [0.25, 0.3) is 0 Å². The van der Waals surface area contributed by atoms with Crippen molar-refractivity contribution in [3.8, 4) is 0 Å². The van der Waals surface area contributed by atoms with Crippen molar-refractivity contribution in [1.29, 1.82) is 0 Å². The lowest BCUT2D eigenvalue weighted by atomic mass is 9.88. The molecule has 0 spiro atoms. The summed E-state index contributed by atoms with van der Waals surface area (Å²) in [6, 6.07) is 25.2. The van der Waals surface area contributed by atoms with Crippen LogP contribution in [0, 0.1) is 24.6 Å². The molecule has 178 valence electrons. The number of likely N-dealkylation sites (tertiary alicyclic amines) is 1. The molecule has 1 aliphatic rings. The number of carbonyl (C=O) groups excluding carboxylic acids is 1. The average Bonchev–Trinajstić information content (AvgIpc) is 3.22. The molecule has 0 N–H and O–H groups in total. The summed E-state index contributed by atoms with van der Waals surface area (Å²) in [6.45, 7) is 10.5. The fourth-order valence-corrected chi connectivity index (χ4v) is 5.04. The maximum absolute atomic E-state index is 13.7. The van der Waals surface area contributed by atoms with Crippen molar-refractivity contribution in [1.82, 2.24) is 9.80 Å². The van der Waals surface area contributed by atoms with E-state index in [0.717, 1.165) is 37.3 Å². The van der Waals surface area contributed by atoms with Crippen LogP contribution >= 0.6 is 0 Å². The first-order chi connectivity index (χ1) is 16.4. The summed E-state index contributed by atoms with van der Waals surface area (Å²) in [5.74, 6) is 0.785. The van der Waals surface area contributed by atoms with Gasteiger partial charge in [-0.25, -0.2) is 4.39 Å². The fourth-order valence-electron chi connectivity index (χ4n) is 5.04. The predicted molar refractivity (Wildman–Crippen MR) is 136 cm³/mol. The molecule has 1 amide bonds. The molecular weight excluding hydrogens is 423 g/mol. The Morgan fingerprint density at radius 2 is 1.65 bits per heavy atom. The lowest BCUT2D eigenvalue weighted by Crippen LogP contribution is -2.39. The SMILES string of the molecule is Cc1ccc(CN2CC(CN(CC(C)C)C(=O)c3ccccc3)C(c3ccc(F)cc3)C2)cc1. The van der Waals surface area contributed by atoms with Crippen molar-refractivity contribution in [3.05, 3.63) is 107 Å². The Hall–Kier alpha value is -2.98. The molecule has 1 fully saturated rings. The molecular formula is C30H35FN2O. The minimum absolute atomic E-state index is 0.0872. The van der Waals surface area contributed by atoms with E-state index in [2.05, 4.69) is 49.9 Å². The Kier molecular flexibility index (Phi) is 7.79. The Bertz CT molecular complexity index is 1060. The molecule has 1 aliphatic heterocycles. The minimum atomic E-state index is -0.213. The predicted octanol–water partition coefficient (Wildman–Crippen LogP) is 6.15. The van der Waals surface area contributed by atoms with Gasteiger partial charge in [-0.15, -0.1) is 0 Å². The monoisotopic (exact) mass is 458 g/mol. The molecule has 0 radical (unpaired) electrons. The number of benzene rings is 3. The van der Waals surface area contributed by atoms with Gasteiger partial charge in [0.25, 0.3) is 5.91 Å². The zero-order chi connectivity index (χ0) is 24.1. The number of hydrogen-bond donors (Lipinski definition) is 0. The van der Waals surface area contributed by atoms with Gasteiger partial charge in [0.1, 0.15) is 5.82 Å². The molecule has 2 unspecified atom stereocenters. The molecule has 3 nitrogen and oxygen atoms in total. The van der Waals surface area contributed by atoms with Crippen LogP contribution in [0.1, 0.15) is 46.8 Å². The second-order valence-electron chi connectivity index (χ2n) is 10.1. The van der Waals surface area contributed by atoms with Crippen molar-refractivity contribution in [3.63, 3.8) is 0 Å². The first-order valence-corrected chi connectivity index (χ1v) is 12.3. The largest absolute Gasteiger partial charge is 0.338 e. The molecule has 2 atom stereocenters. The average molecular weight is 459 g/mol. The fraction of sp³-hybridized carbons (Fsp3) is 0.367. The Labute approximate surface area is 203 Å². The molecule has 34 heavy (non-hydrogen) atoms. The van der Waals surface area contributed by atoms with Crippen LogP contribution < -0.4 is 0 Å². The summed E-state index contributed by atoms with van der Waals surface area (Å²) in [6.07, 6.45) is 0. The molecule has 3 aromatic rings. The summed E-state index contributed by atoms with van der Waals surface area (Å²) in [5, 5.41) is 0. The Morgan fingerprint density at radius 1 is 0.971 bits per heavy atom. The molecule has 0 bridgehead atoms. The molecule has 0 aromatic heterocycles. The first-order valence-electron chi connectivity index (χ1n) is 12.3. The van der Waals surface area contributed by atoms with E-state index < -0.39 is 0 Å². The van der Waals surface area contributed by atoms with E-state index >= 15 is 0 Å². The van der Waals surface area contributed by atoms with E-state index in [1.54, 1.807) is 12.1 Å². The summed E-state index contributed by atoms with van der Waals surface area (Å²) in [5.41, 5.74) is 4.44. The van der Waals surface area contributed by atoms with Gasteiger partial charge in [0.15, 0.2) is 0 Å². The zero-order valence-corrected chi connectivity index (χ0v) is 20.5. The van der Waals surface area contributed by atoms with E-state index in [-0.39, 0.29) is 23.6 Å². The molecule has 4 rings (SSSR count). The molecule has 0 aliphatic carbocycles. The maximum Gasteiger partial charge on any atom is 0.253 e. The Balaban J connectivity index is 1.57. The lowest BCUT2D eigenvalue weighted by molar-refractivity contribution is 0.0703. The van der Waals surface area contributed by atoms with E-state index in [9.17, 15) is 9.18 Å². The number of aryl methyl sites for hydroxylation is 1. The normalized spacial score (nSPS) is 18.4. The molecule has 1 heterocycles. The second kappa shape index (κ2) is 11.0. The van der Waals surface area contributed by atoms with Crippen LogP contribution in [0.2, 0.25) is 0 Å². The number of nitrogens with zero attached hydrogens (tertiary/aromatic N) is 2. The van der Waals surface area contributed by atoms with Crippen LogP contribution in [0.15, 0.2) is 78.9 Å². The number of hydrogen-bond acceptors (Lipinski definition) is 2. The van der Waals surface area contributed by atoms with Gasteiger partial charge in [0.05, 0.1) is 0 Å². The molecule has 0 saturated carbocycles. The number of halogens is 1. The Morgan fingerprint density at radius 3 is 2.29 bits per heavy atom. The van der Waals surface area contributed by atoms with Gasteiger partial charge in [-0.2, -0.15) is 0 Å². The van der Waals surface area contributed by atoms with Gasteiger partial charge in [0, 0.05) is 44.2 Å². The summed E-state index contributed by atoms with van der Waals surface area (Å²) in [4.78, 5) is 17.9. The van der Waals surface area contributed by atoms with E-state index in [0.29, 0.717) is 12.5 Å². The van der Waals surface area contributed by atoms with Gasteiger partial charge in [-0.05, 0) is 54.2 Å². The third-order valence-corrected chi connectivity index (χ3v) is 6.69. The third-order valence-electron chi connectivity index (χ3n) is 6.69. The van der Waals surface area contributed by atoms with Crippen molar-refractivity contribution in [2.75, 3.05) is 26.2 Å². The minimum Gasteiger partial charge on any atom is -0.338 e. The van der Waals surface area contributed by atoms with E-state index in [4.69, 9.17) is 0 Å². The van der Waals surface area contributed by atoms with Crippen molar-refractivity contribution < 1.29 is 9.18 Å². The second-order valence-corrected chi connectivity index (χ2v) is 10.1. The van der Waals surface area contributed by atoms with E-state index in [1.165, 1.54) is 11.1 Å². The van der Waals surface area contributed by atoms with Gasteiger partial charge < -0.3 is 4.90 Å². The van der Waals surface area contributed by atoms with Gasteiger partial charge >= 0.3 is 0 Å². The standard InChI is InChI=1S/C30H35FN2O/c1-22(2)17-33(30(34)26-7-5-4-6-8-26)20-27-19-32(18-24-11-9-23(3)10-12-24)21-29(27)25-13-15-28(31)16-14-25/h4-16,22,27,29H,17-21H2,1-3H3. The van der Waals surface area contributed by atoms with Crippen LogP contribution in [0.4, 0.5) is 4.39 Å². The maximum atomic E-state index is 13.7. The highest BCUT2D eigenvalue weighted by Crippen LogP contribution is 2.34. The van der Waals surface area contributed by atoms with E-state index in [1.807, 2.05) is 47.4 Å². The summed E-state index contributed by atoms with van der Waals surface area (Å²) in [7, 11) is 0. The van der Waals surface area contributed by atoms with Crippen molar-refractivity contribution >= 4 is 5.91 Å². The molecule has 3 aromatic carbocycles. The van der Waals surface area contributed by atoms with Crippen molar-refractivity contribution in [2.45, 2.75) is 33.2 Å². The third kappa shape index (κ3) is 6.12. The van der Waals surface area contributed by atoms with Crippen LogP contribution in [0.3, 0.4) is 0 Å². The van der Waals surface area contributed by atoms with Gasteiger partial charge in [0.2, 0.25) is 0 Å². The topological polar surface area (TPSA) is 23.6 Å². The summed E-state index contributed by atoms with van der Waals surface area (Å²) >= 11 is 0. The van der Waals surface area contributed by atoms with Crippen LogP contribution in [-0.4, -0.2) is 41.9 Å². The number of amides is 1. The lowest BCUT2D eigenvalue weighted by Gasteiger charge is -2.30. The van der Waals surface area contributed by atoms with Crippen LogP contribution in [0.5, 0.6) is 0 Å². The quantitative estimate of drug-likeness (QED) is 0.404. The van der Waals surface area contributed by atoms with Gasteiger partial charge in [-0.1, -0.05) is 74.0 Å². The number of rotatable bonds is 8.